The predicted molar refractivity (Wildman–Crippen MR) is 83.3 cm³/mol. The van der Waals surface area contributed by atoms with Crippen molar-refractivity contribution < 1.29 is 12.8 Å². The molecule has 7 heteroatoms. The summed E-state index contributed by atoms with van der Waals surface area (Å²) in [4.78, 5) is 0.516. The Morgan fingerprint density at radius 3 is 2.76 bits per heavy atom. The number of anilines is 1. The average molecular weight is 328 g/mol. The van der Waals surface area contributed by atoms with Crippen molar-refractivity contribution in [2.24, 2.45) is 0 Å². The lowest BCUT2D eigenvalue weighted by atomic mass is 10.2. The Kier molecular flexibility index (Phi) is 4.65. The van der Waals surface area contributed by atoms with Gasteiger partial charge in [0.2, 0.25) is 10.0 Å². The first-order chi connectivity index (χ1) is 9.85. The molecule has 0 atom stereocenters. The van der Waals surface area contributed by atoms with Gasteiger partial charge in [-0.2, -0.15) is 0 Å². The molecule has 0 spiro atoms. The number of hydrogen-bond donors (Lipinski definition) is 2. The Bertz CT molecular complexity index is 754. The van der Waals surface area contributed by atoms with Gasteiger partial charge in [0.05, 0.1) is 0 Å². The van der Waals surface area contributed by atoms with Gasteiger partial charge in [0.15, 0.2) is 0 Å². The zero-order valence-corrected chi connectivity index (χ0v) is 13.4. The normalized spacial score (nSPS) is 11.8. The maximum absolute atomic E-state index is 13.9. The zero-order chi connectivity index (χ0) is 15.6. The van der Waals surface area contributed by atoms with Crippen LogP contribution in [0.25, 0.3) is 0 Å². The molecule has 114 valence electrons. The summed E-state index contributed by atoms with van der Waals surface area (Å²) in [5, 5.41) is 1.91. The highest BCUT2D eigenvalue weighted by atomic mass is 32.2. The van der Waals surface area contributed by atoms with Crippen LogP contribution in [0.2, 0.25) is 0 Å². The summed E-state index contributed by atoms with van der Waals surface area (Å²) in [6, 6.07) is 4.24. The minimum atomic E-state index is -3.93. The van der Waals surface area contributed by atoms with Gasteiger partial charge in [-0.3, -0.25) is 0 Å². The van der Waals surface area contributed by atoms with E-state index >= 15 is 0 Å². The standard InChI is InChI=1S/C14H17FN2O2S2/c1-3-10-4-5-20-13(10)8-17-21(18,19)14-7-12(16)9(2)6-11(14)15/h4-7,17H,3,8,16H2,1-2H3. The van der Waals surface area contributed by atoms with Gasteiger partial charge in [-0.1, -0.05) is 6.92 Å². The molecule has 0 radical (unpaired) electrons. The van der Waals surface area contributed by atoms with Crippen LogP contribution in [0, 0.1) is 12.7 Å². The van der Waals surface area contributed by atoms with Crippen LogP contribution in [0.1, 0.15) is 22.9 Å². The summed E-state index contributed by atoms with van der Waals surface area (Å²) in [5.74, 6) is -0.795. The van der Waals surface area contributed by atoms with Crippen LogP contribution in [0.5, 0.6) is 0 Å². The van der Waals surface area contributed by atoms with E-state index in [1.54, 1.807) is 6.92 Å². The van der Waals surface area contributed by atoms with Gasteiger partial charge in [0.25, 0.3) is 0 Å². The molecule has 0 saturated carbocycles. The highest BCUT2D eigenvalue weighted by Gasteiger charge is 2.20. The molecule has 0 aliphatic carbocycles. The molecule has 0 aliphatic rings. The van der Waals surface area contributed by atoms with Gasteiger partial charge in [-0.05, 0) is 48.1 Å². The first-order valence-electron chi connectivity index (χ1n) is 6.45. The number of aryl methyl sites for hydroxylation is 2. The fourth-order valence-electron chi connectivity index (χ4n) is 1.95. The molecule has 1 aromatic carbocycles. The number of thiophene rings is 1. The van der Waals surface area contributed by atoms with Gasteiger partial charge >= 0.3 is 0 Å². The van der Waals surface area contributed by atoms with Gasteiger partial charge in [0.1, 0.15) is 10.7 Å². The third-order valence-corrected chi connectivity index (χ3v) is 5.63. The monoisotopic (exact) mass is 328 g/mol. The number of hydrogen-bond acceptors (Lipinski definition) is 4. The summed E-state index contributed by atoms with van der Waals surface area (Å²) in [7, 11) is -3.93. The van der Waals surface area contributed by atoms with Crippen molar-refractivity contribution in [2.75, 3.05) is 5.73 Å². The van der Waals surface area contributed by atoms with Gasteiger partial charge in [-0.15, -0.1) is 11.3 Å². The van der Waals surface area contributed by atoms with E-state index in [-0.39, 0.29) is 12.2 Å². The first-order valence-corrected chi connectivity index (χ1v) is 8.82. The highest BCUT2D eigenvalue weighted by molar-refractivity contribution is 7.89. The van der Waals surface area contributed by atoms with Crippen molar-refractivity contribution in [1.82, 2.24) is 4.72 Å². The Labute approximate surface area is 127 Å². The predicted octanol–water partition coefficient (Wildman–Crippen LogP) is 2.82. The first kappa shape index (κ1) is 15.9. The lowest BCUT2D eigenvalue weighted by Crippen LogP contribution is -2.24. The van der Waals surface area contributed by atoms with E-state index in [1.807, 2.05) is 18.4 Å². The summed E-state index contributed by atoms with van der Waals surface area (Å²) in [6.07, 6.45) is 0.826. The van der Waals surface area contributed by atoms with Gasteiger partial charge in [0, 0.05) is 17.1 Å². The number of nitrogen functional groups attached to an aromatic ring is 1. The minimum absolute atomic E-state index is 0.149. The molecule has 1 heterocycles. The van der Waals surface area contributed by atoms with Crippen LogP contribution < -0.4 is 10.5 Å². The molecule has 1 aromatic heterocycles. The molecular weight excluding hydrogens is 311 g/mol. The van der Waals surface area contributed by atoms with Crippen molar-refractivity contribution in [1.29, 1.82) is 0 Å². The van der Waals surface area contributed by atoms with Crippen LogP contribution >= 0.6 is 11.3 Å². The van der Waals surface area contributed by atoms with Crippen molar-refractivity contribution in [3.05, 3.63) is 45.4 Å². The third-order valence-electron chi connectivity index (χ3n) is 3.25. The smallest absolute Gasteiger partial charge is 0.243 e. The summed E-state index contributed by atoms with van der Waals surface area (Å²) in [5.41, 5.74) is 7.52. The molecule has 2 rings (SSSR count). The van der Waals surface area contributed by atoms with Crippen LogP contribution in [0.3, 0.4) is 0 Å². The van der Waals surface area contributed by atoms with Crippen LogP contribution in [0.15, 0.2) is 28.5 Å². The van der Waals surface area contributed by atoms with Crippen molar-refractivity contribution in [3.63, 3.8) is 0 Å². The molecule has 3 N–H and O–H groups in total. The molecule has 0 saturated heterocycles. The third kappa shape index (κ3) is 3.42. The van der Waals surface area contributed by atoms with Crippen molar-refractivity contribution in [3.8, 4) is 0 Å². The summed E-state index contributed by atoms with van der Waals surface area (Å²) in [6.45, 7) is 3.78. The largest absolute Gasteiger partial charge is 0.398 e. The minimum Gasteiger partial charge on any atom is -0.398 e. The van der Waals surface area contributed by atoms with E-state index in [0.717, 1.165) is 29.0 Å². The number of halogens is 1. The van der Waals surface area contributed by atoms with Crippen molar-refractivity contribution >= 4 is 27.0 Å². The second-order valence-electron chi connectivity index (χ2n) is 4.69. The zero-order valence-electron chi connectivity index (χ0n) is 11.8. The molecule has 0 bridgehead atoms. The lowest BCUT2D eigenvalue weighted by Gasteiger charge is -2.10. The van der Waals surface area contributed by atoms with Crippen LogP contribution in [-0.2, 0) is 23.0 Å². The quantitative estimate of drug-likeness (QED) is 0.829. The molecular formula is C14H17FN2O2S2. The van der Waals surface area contributed by atoms with Crippen molar-refractivity contribution in [2.45, 2.75) is 31.7 Å². The van der Waals surface area contributed by atoms with E-state index in [2.05, 4.69) is 4.72 Å². The molecule has 21 heavy (non-hydrogen) atoms. The maximum Gasteiger partial charge on any atom is 0.243 e. The molecule has 4 nitrogen and oxygen atoms in total. The number of rotatable bonds is 5. The average Bonchev–Trinajstić information content (AvgIpc) is 2.88. The second kappa shape index (κ2) is 6.13. The molecule has 0 unspecified atom stereocenters. The number of benzene rings is 1. The fraction of sp³-hybridized carbons (Fsp3) is 0.286. The van der Waals surface area contributed by atoms with Gasteiger partial charge < -0.3 is 5.73 Å². The van der Waals surface area contributed by atoms with E-state index in [4.69, 9.17) is 5.73 Å². The number of nitrogens with one attached hydrogen (secondary N) is 1. The SMILES string of the molecule is CCc1ccsc1CNS(=O)(=O)c1cc(N)c(C)cc1F. The maximum atomic E-state index is 13.9. The Hall–Kier alpha value is -1.44. The number of sulfonamides is 1. The van der Waals surface area contributed by atoms with E-state index in [1.165, 1.54) is 11.3 Å². The topological polar surface area (TPSA) is 72.2 Å². The summed E-state index contributed by atoms with van der Waals surface area (Å²) < 4.78 is 40.7. The molecule has 2 aromatic rings. The fourth-order valence-corrected chi connectivity index (χ4v) is 4.04. The van der Waals surface area contributed by atoms with E-state index < -0.39 is 20.7 Å². The van der Waals surface area contributed by atoms with Crippen LogP contribution in [0.4, 0.5) is 10.1 Å². The lowest BCUT2D eigenvalue weighted by molar-refractivity contribution is 0.557. The van der Waals surface area contributed by atoms with E-state index in [0.29, 0.717) is 5.56 Å². The Balaban J connectivity index is 2.25. The summed E-state index contributed by atoms with van der Waals surface area (Å²) >= 11 is 1.47. The highest BCUT2D eigenvalue weighted by Crippen LogP contribution is 2.22. The Morgan fingerprint density at radius 1 is 1.38 bits per heavy atom. The second-order valence-corrected chi connectivity index (χ2v) is 7.42. The van der Waals surface area contributed by atoms with Crippen LogP contribution in [-0.4, -0.2) is 8.42 Å². The molecule has 0 fully saturated rings. The Morgan fingerprint density at radius 2 is 2.10 bits per heavy atom. The van der Waals surface area contributed by atoms with E-state index in [9.17, 15) is 12.8 Å². The molecule has 0 amide bonds. The molecule has 0 aliphatic heterocycles. The van der Waals surface area contributed by atoms with Gasteiger partial charge in [-0.25, -0.2) is 17.5 Å². The number of nitrogens with two attached hydrogens (primary N) is 1.